The number of phenols is 1. The fourth-order valence-corrected chi connectivity index (χ4v) is 3.33. The zero-order chi connectivity index (χ0) is 18.8. The van der Waals surface area contributed by atoms with E-state index in [0.29, 0.717) is 0 Å². The lowest BCUT2D eigenvalue weighted by molar-refractivity contribution is 0.0608. The van der Waals surface area contributed by atoms with E-state index in [9.17, 15) is 22.7 Å². The van der Waals surface area contributed by atoms with Crippen molar-refractivity contribution in [3.05, 3.63) is 54.3 Å². The smallest absolute Gasteiger partial charge is 0.429 e. The number of rotatable bonds is 3. The van der Waals surface area contributed by atoms with Crippen molar-refractivity contribution in [2.75, 3.05) is 4.31 Å². The Labute approximate surface area is 145 Å². The van der Waals surface area contributed by atoms with Crippen molar-refractivity contribution < 1.29 is 27.4 Å². The van der Waals surface area contributed by atoms with Crippen molar-refractivity contribution in [2.45, 2.75) is 31.3 Å². The number of hydrogen-bond donors (Lipinski definition) is 1. The van der Waals surface area contributed by atoms with E-state index >= 15 is 0 Å². The number of hydrogen-bond acceptors (Lipinski definition) is 5. The Morgan fingerprint density at radius 2 is 1.72 bits per heavy atom. The zero-order valence-electron chi connectivity index (χ0n) is 13.9. The summed E-state index contributed by atoms with van der Waals surface area (Å²) in [4.78, 5) is 12.3. The first-order valence-corrected chi connectivity index (χ1v) is 8.78. The fraction of sp³-hybridized carbons (Fsp3) is 0.235. The average Bonchev–Trinajstić information content (AvgIpc) is 2.50. The predicted octanol–water partition coefficient (Wildman–Crippen LogP) is 3.66. The minimum Gasteiger partial charge on any atom is -0.508 e. The molecular weight excluding hydrogens is 349 g/mol. The van der Waals surface area contributed by atoms with Gasteiger partial charge in [0.15, 0.2) is 0 Å². The summed E-state index contributed by atoms with van der Waals surface area (Å²) < 4.78 is 45.4. The molecule has 0 radical (unpaired) electrons. The Balaban J connectivity index is 2.65. The highest BCUT2D eigenvalue weighted by atomic mass is 32.2. The molecule has 0 atom stereocenters. The van der Waals surface area contributed by atoms with Crippen molar-refractivity contribution in [3.8, 4) is 5.75 Å². The van der Waals surface area contributed by atoms with Crippen LogP contribution in [0.2, 0.25) is 0 Å². The normalized spacial score (nSPS) is 11.8. The van der Waals surface area contributed by atoms with E-state index in [0.717, 1.165) is 18.2 Å². The Hall–Kier alpha value is -2.61. The van der Waals surface area contributed by atoms with E-state index in [2.05, 4.69) is 0 Å². The molecule has 0 saturated heterocycles. The Bertz CT molecular complexity index is 876. The molecule has 8 heteroatoms. The van der Waals surface area contributed by atoms with Gasteiger partial charge < -0.3 is 9.84 Å². The molecule has 0 fully saturated rings. The summed E-state index contributed by atoms with van der Waals surface area (Å²) in [7, 11) is -4.46. The van der Waals surface area contributed by atoms with Gasteiger partial charge in [-0.25, -0.2) is 17.6 Å². The number of anilines is 1. The van der Waals surface area contributed by atoms with Crippen LogP contribution in [0.1, 0.15) is 20.8 Å². The van der Waals surface area contributed by atoms with Crippen LogP contribution in [0.4, 0.5) is 14.9 Å². The quantitative estimate of drug-likeness (QED) is 0.895. The molecule has 2 rings (SSSR count). The van der Waals surface area contributed by atoms with Gasteiger partial charge in [-0.15, -0.1) is 0 Å². The van der Waals surface area contributed by atoms with Gasteiger partial charge in [-0.2, -0.15) is 4.31 Å². The lowest BCUT2D eigenvalue weighted by Crippen LogP contribution is -2.41. The second-order valence-corrected chi connectivity index (χ2v) is 7.99. The fourth-order valence-electron chi connectivity index (χ4n) is 1.98. The number of carbonyl (C=O) groups is 1. The lowest BCUT2D eigenvalue weighted by Gasteiger charge is -2.27. The monoisotopic (exact) mass is 367 g/mol. The molecule has 0 unspecified atom stereocenters. The van der Waals surface area contributed by atoms with Gasteiger partial charge >= 0.3 is 6.09 Å². The van der Waals surface area contributed by atoms with E-state index in [1.165, 1.54) is 24.3 Å². The molecule has 0 bridgehead atoms. The third-order valence-corrected chi connectivity index (χ3v) is 4.68. The first-order valence-electron chi connectivity index (χ1n) is 7.34. The summed E-state index contributed by atoms with van der Waals surface area (Å²) in [6.07, 6.45) is -1.28. The summed E-state index contributed by atoms with van der Waals surface area (Å²) in [6.45, 7) is 4.66. The third kappa shape index (κ3) is 4.27. The van der Waals surface area contributed by atoms with Crippen molar-refractivity contribution in [1.29, 1.82) is 0 Å². The van der Waals surface area contributed by atoms with Crippen LogP contribution in [0.15, 0.2) is 53.4 Å². The molecule has 0 saturated carbocycles. The van der Waals surface area contributed by atoms with Crippen LogP contribution in [0.25, 0.3) is 0 Å². The Morgan fingerprint density at radius 1 is 1.12 bits per heavy atom. The maximum absolute atomic E-state index is 14.2. The molecule has 0 aliphatic heterocycles. The highest BCUT2D eigenvalue weighted by Crippen LogP contribution is 2.31. The molecule has 0 aliphatic rings. The van der Waals surface area contributed by atoms with Gasteiger partial charge in [0.25, 0.3) is 10.0 Å². The van der Waals surface area contributed by atoms with E-state index < -0.39 is 39.0 Å². The van der Waals surface area contributed by atoms with Crippen LogP contribution < -0.4 is 4.31 Å². The van der Waals surface area contributed by atoms with Crippen LogP contribution in [-0.4, -0.2) is 25.2 Å². The standard InChI is InChI=1S/C17H18FNO5S/c1-17(2,3)24-16(21)19(15-11-12(20)9-10-14(15)18)25(22,23)13-7-5-4-6-8-13/h4-11,20H,1-3H3. The van der Waals surface area contributed by atoms with Crippen molar-refractivity contribution >= 4 is 21.8 Å². The predicted molar refractivity (Wildman–Crippen MR) is 90.4 cm³/mol. The number of aromatic hydroxyl groups is 1. The van der Waals surface area contributed by atoms with E-state index in [4.69, 9.17) is 4.74 Å². The molecule has 0 aliphatic carbocycles. The topological polar surface area (TPSA) is 83.9 Å². The lowest BCUT2D eigenvalue weighted by atomic mass is 10.2. The van der Waals surface area contributed by atoms with Crippen LogP contribution >= 0.6 is 0 Å². The number of sulfonamides is 1. The van der Waals surface area contributed by atoms with Crippen molar-refractivity contribution in [2.24, 2.45) is 0 Å². The van der Waals surface area contributed by atoms with Crippen LogP contribution in [-0.2, 0) is 14.8 Å². The molecule has 0 aromatic heterocycles. The average molecular weight is 367 g/mol. The van der Waals surface area contributed by atoms with Gasteiger partial charge in [0.1, 0.15) is 22.9 Å². The molecule has 0 spiro atoms. The number of carbonyl (C=O) groups excluding carboxylic acids is 1. The number of nitrogens with zero attached hydrogens (tertiary/aromatic N) is 1. The SMILES string of the molecule is CC(C)(C)OC(=O)N(c1cc(O)ccc1F)S(=O)(=O)c1ccccc1. The van der Waals surface area contributed by atoms with E-state index in [-0.39, 0.29) is 9.20 Å². The molecule has 0 heterocycles. The molecule has 6 nitrogen and oxygen atoms in total. The molecule has 1 amide bonds. The Kier molecular flexibility index (Phi) is 5.03. The summed E-state index contributed by atoms with van der Waals surface area (Å²) >= 11 is 0. The van der Waals surface area contributed by atoms with Gasteiger partial charge in [0.05, 0.1) is 4.90 Å². The Morgan fingerprint density at radius 3 is 2.28 bits per heavy atom. The summed E-state index contributed by atoms with van der Waals surface area (Å²) in [5.74, 6) is -1.39. The van der Waals surface area contributed by atoms with Gasteiger partial charge in [-0.3, -0.25) is 0 Å². The third-order valence-electron chi connectivity index (χ3n) is 2.99. The van der Waals surface area contributed by atoms with Gasteiger partial charge in [-0.1, -0.05) is 18.2 Å². The van der Waals surface area contributed by atoms with Crippen molar-refractivity contribution in [1.82, 2.24) is 0 Å². The molecule has 25 heavy (non-hydrogen) atoms. The highest BCUT2D eigenvalue weighted by Gasteiger charge is 2.36. The maximum Gasteiger partial charge on any atom is 0.429 e. The van der Waals surface area contributed by atoms with Gasteiger partial charge in [-0.05, 0) is 45.0 Å². The van der Waals surface area contributed by atoms with Gasteiger partial charge in [0.2, 0.25) is 0 Å². The zero-order valence-corrected chi connectivity index (χ0v) is 14.7. The summed E-state index contributed by atoms with van der Waals surface area (Å²) in [5.41, 5.74) is -1.63. The molecule has 2 aromatic carbocycles. The van der Waals surface area contributed by atoms with E-state index in [1.54, 1.807) is 26.8 Å². The number of phenolic OH excluding ortho intramolecular Hbond substituents is 1. The molecule has 134 valence electrons. The van der Waals surface area contributed by atoms with Crippen LogP contribution in [0.5, 0.6) is 5.75 Å². The van der Waals surface area contributed by atoms with Crippen LogP contribution in [0, 0.1) is 5.82 Å². The molecule has 2 aromatic rings. The van der Waals surface area contributed by atoms with Gasteiger partial charge in [0, 0.05) is 6.07 Å². The first-order chi connectivity index (χ1) is 11.5. The van der Waals surface area contributed by atoms with E-state index in [1.807, 2.05) is 0 Å². The number of amides is 1. The maximum atomic E-state index is 14.2. The first kappa shape index (κ1) is 18.7. The largest absolute Gasteiger partial charge is 0.508 e. The number of halogens is 1. The van der Waals surface area contributed by atoms with Crippen molar-refractivity contribution in [3.63, 3.8) is 0 Å². The number of benzene rings is 2. The summed E-state index contributed by atoms with van der Waals surface area (Å²) in [5, 5.41) is 9.60. The summed E-state index contributed by atoms with van der Waals surface area (Å²) in [6, 6.07) is 9.84. The minimum absolute atomic E-state index is 0.211. The molecule has 1 N–H and O–H groups in total. The molecular formula is C17H18FNO5S. The van der Waals surface area contributed by atoms with Crippen LogP contribution in [0.3, 0.4) is 0 Å². The minimum atomic E-state index is -4.46. The number of ether oxygens (including phenoxy) is 1. The highest BCUT2D eigenvalue weighted by molar-refractivity contribution is 7.93. The second-order valence-electron chi connectivity index (χ2n) is 6.20. The second kappa shape index (κ2) is 6.72.